The van der Waals surface area contributed by atoms with Gasteiger partial charge in [-0.15, -0.1) is 17.6 Å². The van der Waals surface area contributed by atoms with E-state index in [1.54, 1.807) is 0 Å². The zero-order valence-electron chi connectivity index (χ0n) is 7.40. The fourth-order valence-corrected chi connectivity index (χ4v) is 1.57. The van der Waals surface area contributed by atoms with E-state index in [4.69, 9.17) is 0 Å². The van der Waals surface area contributed by atoms with Gasteiger partial charge in [0.2, 0.25) is 0 Å². The Morgan fingerprint density at radius 3 is 1.07 bits per heavy atom. The minimum Gasteiger partial charge on any atom is -0.612 e. The van der Waals surface area contributed by atoms with E-state index in [1.165, 1.54) is 0 Å². The predicted octanol–water partition coefficient (Wildman–Crippen LogP) is 1.56. The van der Waals surface area contributed by atoms with Gasteiger partial charge in [-0.25, -0.2) is 0 Å². The Balaban J connectivity index is 5.30. The van der Waals surface area contributed by atoms with Gasteiger partial charge in [0.05, 0.1) is 0 Å². The first-order valence-electron chi connectivity index (χ1n) is 3.19. The van der Waals surface area contributed by atoms with Crippen LogP contribution in [-0.2, 0) is 22.4 Å². The summed E-state index contributed by atoms with van der Waals surface area (Å²) in [7, 11) is 0. The molecule has 0 aliphatic rings. The van der Waals surface area contributed by atoms with Crippen molar-refractivity contribution in [2.24, 2.45) is 0 Å². The summed E-state index contributed by atoms with van der Waals surface area (Å²) in [6.07, 6.45) is 0.311. The van der Waals surface area contributed by atoms with E-state index in [1.807, 2.05) is 0 Å². The van der Waals surface area contributed by atoms with E-state index in [2.05, 4.69) is 0 Å². The van der Waals surface area contributed by atoms with E-state index in [0.717, 1.165) is 0 Å². The van der Waals surface area contributed by atoms with Crippen molar-refractivity contribution in [2.45, 2.75) is 16.4 Å². The number of halogens is 6. The molecular weight excluding hydrogens is 270 g/mol. The van der Waals surface area contributed by atoms with Crippen molar-refractivity contribution in [1.29, 1.82) is 0 Å². The third-order valence-electron chi connectivity index (χ3n) is 1.45. The minimum absolute atomic E-state index is 0.155. The summed E-state index contributed by atoms with van der Waals surface area (Å²) in [4.78, 5) is 0. The fraction of sp³-hybridized carbons (Fsp3) is 1.00. The first-order chi connectivity index (χ1) is 6.39. The number of hydrogen-bond donors (Lipinski definition) is 0. The van der Waals surface area contributed by atoms with E-state index >= 15 is 0 Å². The summed E-state index contributed by atoms with van der Waals surface area (Å²) in [6.45, 7) is 0. The van der Waals surface area contributed by atoms with Gasteiger partial charge in [-0.3, -0.25) is 0 Å². The lowest BCUT2D eigenvalue weighted by molar-refractivity contribution is -0.243. The molecule has 2 nitrogen and oxygen atoms in total. The number of alkyl halides is 6. The molecule has 0 saturated carbocycles. The molecule has 10 heteroatoms. The Bertz CT molecular complexity index is 210. The molecule has 0 aromatic rings. The Morgan fingerprint density at radius 2 is 0.933 bits per heavy atom. The molecule has 0 aromatic carbocycles. The van der Waals surface area contributed by atoms with Crippen LogP contribution >= 0.6 is 0 Å². The van der Waals surface area contributed by atoms with Crippen LogP contribution in [-0.4, -0.2) is 38.0 Å². The number of rotatable bonds is 4. The van der Waals surface area contributed by atoms with Gasteiger partial charge >= 0.3 is 16.4 Å². The quantitative estimate of drug-likeness (QED) is 0.578. The Labute approximate surface area is 87.4 Å². The molecule has 0 aliphatic heterocycles. The van der Waals surface area contributed by atoms with E-state index in [9.17, 15) is 35.4 Å². The third kappa shape index (κ3) is 2.32. The summed E-state index contributed by atoms with van der Waals surface area (Å²) in [6, 6.07) is 0. The lowest BCUT2D eigenvalue weighted by Gasteiger charge is -2.30. The summed E-state index contributed by atoms with van der Waals surface area (Å²) >= 11 is -7.01. The van der Waals surface area contributed by atoms with Crippen LogP contribution in [0.15, 0.2) is 0 Å². The lowest BCUT2D eigenvalue weighted by Crippen LogP contribution is -2.60. The third-order valence-corrected chi connectivity index (χ3v) is 3.41. The molecule has 0 rings (SSSR count). The van der Waals surface area contributed by atoms with Gasteiger partial charge in [0.25, 0.3) is 0 Å². The van der Waals surface area contributed by atoms with Crippen molar-refractivity contribution in [1.82, 2.24) is 0 Å². The highest BCUT2D eigenvalue weighted by Crippen LogP contribution is 2.50. The molecule has 92 valence electrons. The van der Waals surface area contributed by atoms with Crippen LogP contribution in [0, 0.1) is 0 Å². The van der Waals surface area contributed by atoms with Crippen LogP contribution < -0.4 is 0 Å². The van der Waals surface area contributed by atoms with Crippen LogP contribution in [0.4, 0.5) is 26.3 Å². The van der Waals surface area contributed by atoms with E-state index < -0.39 is 38.8 Å². The second-order valence-electron chi connectivity index (χ2n) is 2.52. The van der Waals surface area contributed by atoms with Crippen molar-refractivity contribution in [3.8, 4) is 0 Å². The SMILES string of the molecule is C[S+]([O-])C(F)(F)C(F)(F)C(F)(F)[S+](C)[O-]. The summed E-state index contributed by atoms with van der Waals surface area (Å²) in [5.74, 6) is -5.93. The summed E-state index contributed by atoms with van der Waals surface area (Å²) < 4.78 is 95.7. The average Bonchev–Trinajstić information content (AvgIpc) is 2.02. The zero-order chi connectivity index (χ0) is 12.7. The highest BCUT2D eigenvalue weighted by atomic mass is 32.2. The monoisotopic (exact) mass is 276 g/mol. The van der Waals surface area contributed by atoms with Crippen molar-refractivity contribution in [2.75, 3.05) is 12.5 Å². The largest absolute Gasteiger partial charge is 0.612 e. The molecule has 0 aromatic heterocycles. The van der Waals surface area contributed by atoms with Crippen LogP contribution in [0.3, 0.4) is 0 Å². The van der Waals surface area contributed by atoms with Gasteiger partial charge in [-0.2, -0.15) is 8.78 Å². The van der Waals surface area contributed by atoms with Gasteiger partial charge in [0, 0.05) is 22.4 Å². The maximum atomic E-state index is 12.6. The second kappa shape index (κ2) is 4.22. The van der Waals surface area contributed by atoms with Crippen LogP contribution in [0.5, 0.6) is 0 Å². The molecule has 0 radical (unpaired) electrons. The average molecular weight is 276 g/mol. The van der Waals surface area contributed by atoms with Crippen molar-refractivity contribution < 1.29 is 35.4 Å². The van der Waals surface area contributed by atoms with Gasteiger partial charge in [0.15, 0.2) is 0 Å². The topological polar surface area (TPSA) is 46.1 Å². The van der Waals surface area contributed by atoms with Gasteiger partial charge < -0.3 is 9.11 Å². The van der Waals surface area contributed by atoms with Crippen molar-refractivity contribution in [3.63, 3.8) is 0 Å². The first-order valence-corrected chi connectivity index (χ1v) is 6.31. The maximum absolute atomic E-state index is 12.6. The number of hydrogen-bond acceptors (Lipinski definition) is 2. The minimum atomic E-state index is -5.93. The fourth-order valence-electron chi connectivity index (χ4n) is 0.530. The highest BCUT2D eigenvalue weighted by Gasteiger charge is 2.82. The Hall–Kier alpha value is 0.200. The van der Waals surface area contributed by atoms with E-state index in [-0.39, 0.29) is 12.5 Å². The summed E-state index contributed by atoms with van der Waals surface area (Å²) in [5.41, 5.74) is 0. The smallest absolute Gasteiger partial charge is 0.483 e. The molecule has 2 atom stereocenters. The molecule has 0 aliphatic carbocycles. The van der Waals surface area contributed by atoms with Crippen LogP contribution in [0.2, 0.25) is 0 Å². The maximum Gasteiger partial charge on any atom is 0.483 e. The lowest BCUT2D eigenvalue weighted by atomic mass is 10.3. The molecule has 0 saturated heterocycles. The van der Waals surface area contributed by atoms with Gasteiger partial charge in [-0.1, -0.05) is 0 Å². The van der Waals surface area contributed by atoms with E-state index in [0.29, 0.717) is 0 Å². The van der Waals surface area contributed by atoms with Crippen LogP contribution in [0.1, 0.15) is 0 Å². The second-order valence-corrected chi connectivity index (χ2v) is 5.36. The highest BCUT2D eigenvalue weighted by molar-refractivity contribution is 7.92. The van der Waals surface area contributed by atoms with Gasteiger partial charge in [-0.05, 0) is 0 Å². The summed E-state index contributed by atoms with van der Waals surface area (Å²) in [5, 5.41) is -10.9. The Kier molecular flexibility index (Phi) is 4.28. The molecule has 2 unspecified atom stereocenters. The predicted molar refractivity (Wildman–Crippen MR) is 43.0 cm³/mol. The molecule has 0 spiro atoms. The first kappa shape index (κ1) is 15.2. The molecule has 0 N–H and O–H groups in total. The molecule has 0 bridgehead atoms. The van der Waals surface area contributed by atoms with Crippen molar-refractivity contribution >= 4 is 22.4 Å². The molecular formula is C5H6F6O2S2. The molecule has 0 amide bonds. The zero-order valence-corrected chi connectivity index (χ0v) is 9.03. The molecule has 0 heterocycles. The standard InChI is InChI=1S/C5H6F6O2S2/c1-14(12)4(8,9)3(6,7)5(10,11)15(2)13/h1-2H3. The molecule has 0 fully saturated rings. The van der Waals surface area contributed by atoms with Crippen LogP contribution in [0.25, 0.3) is 0 Å². The van der Waals surface area contributed by atoms with Gasteiger partial charge in [0.1, 0.15) is 12.5 Å². The molecule has 15 heavy (non-hydrogen) atoms. The Morgan fingerprint density at radius 1 is 0.733 bits per heavy atom. The van der Waals surface area contributed by atoms with Crippen molar-refractivity contribution in [3.05, 3.63) is 0 Å². The normalized spacial score (nSPS) is 18.8.